The zero-order chi connectivity index (χ0) is 10.8. The fraction of sp³-hybridized carbons (Fsp3) is 0.111. The van der Waals surface area contributed by atoms with Gasteiger partial charge in [-0.2, -0.15) is 0 Å². The van der Waals surface area contributed by atoms with Gasteiger partial charge in [-0.05, 0) is 34.1 Å². The van der Waals surface area contributed by atoms with E-state index >= 15 is 0 Å². The number of nitrogens with two attached hydrogens (primary N) is 1. The Labute approximate surface area is 104 Å². The summed E-state index contributed by atoms with van der Waals surface area (Å²) < 4.78 is 3.64. The van der Waals surface area contributed by atoms with Crippen LogP contribution in [0.15, 0.2) is 33.3 Å². The van der Waals surface area contributed by atoms with E-state index in [-0.39, 0.29) is 0 Å². The Balaban J connectivity index is 2.48. The molecule has 1 heterocycles. The Hall–Kier alpha value is -0.720. The van der Waals surface area contributed by atoms with Gasteiger partial charge in [-0.25, -0.2) is 4.68 Å². The van der Waals surface area contributed by atoms with Crippen LogP contribution in [0, 0.1) is 0 Å². The van der Waals surface area contributed by atoms with E-state index in [0.29, 0.717) is 6.54 Å². The molecule has 0 aliphatic heterocycles. The van der Waals surface area contributed by atoms with Crippen LogP contribution in [0.25, 0.3) is 5.69 Å². The van der Waals surface area contributed by atoms with Crippen molar-refractivity contribution in [2.45, 2.75) is 6.54 Å². The second kappa shape index (κ2) is 4.42. The predicted octanol–water partition coefficient (Wildman–Crippen LogP) is 2.25. The summed E-state index contributed by atoms with van der Waals surface area (Å²) in [6.45, 7) is 0.394. The summed E-state index contributed by atoms with van der Waals surface area (Å²) in [5.41, 5.74) is 7.17. The first-order chi connectivity index (χ1) is 7.20. The van der Waals surface area contributed by atoms with Gasteiger partial charge in [0.1, 0.15) is 0 Å². The lowest BCUT2D eigenvalue weighted by Crippen LogP contribution is -1.96. The Morgan fingerprint density at radius 2 is 2.13 bits per heavy atom. The van der Waals surface area contributed by atoms with Gasteiger partial charge in [-0.3, -0.25) is 0 Å². The standard InChI is InChI=1S/C9H8Br2N4/c10-6-1-2-8(11)9(3-6)15-5-7(4-12)13-14-15/h1-3,5H,4,12H2. The third kappa shape index (κ3) is 2.27. The lowest BCUT2D eigenvalue weighted by molar-refractivity contribution is 0.793. The Kier molecular flexibility index (Phi) is 3.18. The van der Waals surface area contributed by atoms with Crippen LogP contribution in [0.2, 0.25) is 0 Å². The highest BCUT2D eigenvalue weighted by Gasteiger charge is 2.05. The summed E-state index contributed by atoms with van der Waals surface area (Å²) in [6, 6.07) is 5.86. The van der Waals surface area contributed by atoms with Crippen molar-refractivity contribution in [1.82, 2.24) is 15.0 Å². The molecule has 6 heteroatoms. The topological polar surface area (TPSA) is 56.7 Å². The number of hydrogen-bond donors (Lipinski definition) is 1. The molecule has 1 aromatic heterocycles. The normalized spacial score (nSPS) is 10.6. The molecule has 1 aromatic carbocycles. The predicted molar refractivity (Wildman–Crippen MR) is 64.7 cm³/mol. The molecule has 0 bridgehead atoms. The summed E-state index contributed by atoms with van der Waals surface area (Å²) in [5.74, 6) is 0. The first-order valence-electron chi connectivity index (χ1n) is 4.27. The minimum absolute atomic E-state index is 0.394. The minimum Gasteiger partial charge on any atom is -0.325 e. The van der Waals surface area contributed by atoms with Crippen molar-refractivity contribution in [3.63, 3.8) is 0 Å². The molecule has 0 unspecified atom stereocenters. The average Bonchev–Trinajstić information content (AvgIpc) is 2.70. The average molecular weight is 332 g/mol. The van der Waals surface area contributed by atoms with Crippen LogP contribution in [0.5, 0.6) is 0 Å². The monoisotopic (exact) mass is 330 g/mol. The van der Waals surface area contributed by atoms with Crippen molar-refractivity contribution < 1.29 is 0 Å². The molecule has 0 radical (unpaired) electrons. The zero-order valence-electron chi connectivity index (χ0n) is 7.69. The molecule has 15 heavy (non-hydrogen) atoms. The summed E-state index contributed by atoms with van der Waals surface area (Å²) in [4.78, 5) is 0. The molecule has 2 aromatic rings. The fourth-order valence-electron chi connectivity index (χ4n) is 1.17. The number of rotatable bonds is 2. The van der Waals surface area contributed by atoms with E-state index in [0.717, 1.165) is 20.3 Å². The van der Waals surface area contributed by atoms with Gasteiger partial charge in [0.15, 0.2) is 0 Å². The van der Waals surface area contributed by atoms with Crippen molar-refractivity contribution in [2.24, 2.45) is 5.73 Å². The van der Waals surface area contributed by atoms with Crippen molar-refractivity contribution >= 4 is 31.9 Å². The molecule has 4 nitrogen and oxygen atoms in total. The van der Waals surface area contributed by atoms with E-state index in [1.54, 1.807) is 4.68 Å². The van der Waals surface area contributed by atoms with E-state index in [4.69, 9.17) is 5.73 Å². The van der Waals surface area contributed by atoms with Crippen LogP contribution >= 0.6 is 31.9 Å². The molecule has 0 atom stereocenters. The molecule has 0 fully saturated rings. The smallest absolute Gasteiger partial charge is 0.0967 e. The van der Waals surface area contributed by atoms with Gasteiger partial charge in [0.2, 0.25) is 0 Å². The highest BCUT2D eigenvalue weighted by molar-refractivity contribution is 9.11. The molecule has 2 N–H and O–H groups in total. The molecule has 0 amide bonds. The Bertz CT molecular complexity index is 481. The number of nitrogens with zero attached hydrogens (tertiary/aromatic N) is 3. The molecule has 0 aliphatic carbocycles. The summed E-state index contributed by atoms with van der Waals surface area (Å²) in [7, 11) is 0. The van der Waals surface area contributed by atoms with Crippen LogP contribution in [0.1, 0.15) is 5.69 Å². The third-order valence-electron chi connectivity index (χ3n) is 1.90. The molecular formula is C9H8Br2N4. The van der Waals surface area contributed by atoms with Crippen molar-refractivity contribution in [3.8, 4) is 5.69 Å². The summed E-state index contributed by atoms with van der Waals surface area (Å²) in [5, 5.41) is 7.93. The number of hydrogen-bond acceptors (Lipinski definition) is 3. The number of aromatic nitrogens is 3. The van der Waals surface area contributed by atoms with E-state index in [1.807, 2.05) is 24.4 Å². The Morgan fingerprint density at radius 1 is 1.33 bits per heavy atom. The van der Waals surface area contributed by atoms with Gasteiger partial charge in [0.25, 0.3) is 0 Å². The van der Waals surface area contributed by atoms with Crippen LogP contribution in [-0.2, 0) is 6.54 Å². The molecule has 2 rings (SSSR count). The fourth-order valence-corrected chi connectivity index (χ4v) is 1.95. The lowest BCUT2D eigenvalue weighted by Gasteiger charge is -2.03. The van der Waals surface area contributed by atoms with Gasteiger partial charge in [0.05, 0.1) is 17.6 Å². The van der Waals surface area contributed by atoms with E-state index in [1.165, 1.54) is 0 Å². The van der Waals surface area contributed by atoms with Crippen molar-refractivity contribution in [2.75, 3.05) is 0 Å². The van der Waals surface area contributed by atoms with Gasteiger partial charge in [-0.1, -0.05) is 21.1 Å². The zero-order valence-corrected chi connectivity index (χ0v) is 10.9. The molecule has 0 aliphatic rings. The highest BCUT2D eigenvalue weighted by atomic mass is 79.9. The van der Waals surface area contributed by atoms with E-state index < -0.39 is 0 Å². The van der Waals surface area contributed by atoms with Crippen LogP contribution in [0.4, 0.5) is 0 Å². The Morgan fingerprint density at radius 3 is 2.80 bits per heavy atom. The number of halogens is 2. The van der Waals surface area contributed by atoms with E-state index in [2.05, 4.69) is 42.2 Å². The van der Waals surface area contributed by atoms with Crippen molar-refractivity contribution in [1.29, 1.82) is 0 Å². The molecule has 0 saturated heterocycles. The van der Waals surface area contributed by atoms with Gasteiger partial charge < -0.3 is 5.73 Å². The SMILES string of the molecule is NCc1cn(-c2cc(Br)ccc2Br)nn1. The van der Waals surface area contributed by atoms with Gasteiger partial charge in [-0.15, -0.1) is 5.10 Å². The van der Waals surface area contributed by atoms with Gasteiger partial charge >= 0.3 is 0 Å². The first-order valence-corrected chi connectivity index (χ1v) is 5.86. The third-order valence-corrected chi connectivity index (χ3v) is 3.07. The largest absolute Gasteiger partial charge is 0.325 e. The highest BCUT2D eigenvalue weighted by Crippen LogP contribution is 2.24. The minimum atomic E-state index is 0.394. The maximum absolute atomic E-state index is 5.47. The van der Waals surface area contributed by atoms with Crippen LogP contribution < -0.4 is 5.73 Å². The molecule has 0 saturated carbocycles. The van der Waals surface area contributed by atoms with E-state index in [9.17, 15) is 0 Å². The summed E-state index contributed by atoms with van der Waals surface area (Å²) >= 11 is 6.87. The van der Waals surface area contributed by atoms with Crippen molar-refractivity contribution in [3.05, 3.63) is 39.0 Å². The molecule has 78 valence electrons. The molecular weight excluding hydrogens is 324 g/mol. The van der Waals surface area contributed by atoms with Gasteiger partial charge in [0, 0.05) is 15.5 Å². The molecule has 0 spiro atoms. The van der Waals surface area contributed by atoms with Crippen LogP contribution in [-0.4, -0.2) is 15.0 Å². The maximum Gasteiger partial charge on any atom is 0.0967 e. The first kappa shape index (κ1) is 10.8. The summed E-state index contributed by atoms with van der Waals surface area (Å²) in [6.07, 6.45) is 1.81. The second-order valence-corrected chi connectivity index (χ2v) is 4.72. The second-order valence-electron chi connectivity index (χ2n) is 2.95. The maximum atomic E-state index is 5.47. The van der Waals surface area contributed by atoms with Crippen LogP contribution in [0.3, 0.4) is 0 Å². The lowest BCUT2D eigenvalue weighted by atomic mass is 10.3. The number of benzene rings is 1. The quantitative estimate of drug-likeness (QED) is 0.918.